The van der Waals surface area contributed by atoms with Crippen LogP contribution in [-0.4, -0.2) is 51.6 Å². The highest BCUT2D eigenvalue weighted by atomic mass is 16.5. The molecular formula is C26H34N4O2. The Morgan fingerprint density at radius 1 is 1.22 bits per heavy atom. The van der Waals surface area contributed by atoms with Crippen molar-refractivity contribution in [2.75, 3.05) is 26.3 Å². The average molecular weight is 435 g/mol. The number of carbonyl (C=O) groups is 1. The summed E-state index contributed by atoms with van der Waals surface area (Å²) in [5.74, 6) is 2.49. The lowest BCUT2D eigenvalue weighted by molar-refractivity contribution is -0.133. The van der Waals surface area contributed by atoms with Gasteiger partial charge < -0.3 is 19.2 Å². The van der Waals surface area contributed by atoms with E-state index in [1.54, 1.807) is 0 Å². The number of imidazole rings is 1. The fourth-order valence-corrected chi connectivity index (χ4v) is 5.44. The lowest BCUT2D eigenvalue weighted by Gasteiger charge is -2.34. The van der Waals surface area contributed by atoms with Gasteiger partial charge in [0.05, 0.1) is 0 Å². The predicted octanol–water partition coefficient (Wildman–Crippen LogP) is 4.44. The van der Waals surface area contributed by atoms with Gasteiger partial charge in [0.25, 0.3) is 0 Å². The molecule has 0 saturated carbocycles. The molecule has 2 saturated heterocycles. The maximum absolute atomic E-state index is 13.0. The van der Waals surface area contributed by atoms with Crippen LogP contribution in [0.1, 0.15) is 55.1 Å². The zero-order valence-electron chi connectivity index (χ0n) is 19.1. The summed E-state index contributed by atoms with van der Waals surface area (Å²) in [4.78, 5) is 23.2. The maximum atomic E-state index is 13.0. The van der Waals surface area contributed by atoms with Crippen LogP contribution in [0.5, 0.6) is 0 Å². The van der Waals surface area contributed by atoms with Crippen molar-refractivity contribution >= 4 is 16.8 Å². The second kappa shape index (κ2) is 9.49. The fourth-order valence-electron chi connectivity index (χ4n) is 5.44. The molecule has 0 radical (unpaired) electrons. The minimum Gasteiger partial charge on any atom is -0.381 e. The number of likely N-dealkylation sites (tertiary alicyclic amines) is 1. The molecule has 1 N–H and O–H groups in total. The van der Waals surface area contributed by atoms with E-state index in [1.807, 2.05) is 12.3 Å². The van der Waals surface area contributed by atoms with Crippen molar-refractivity contribution in [3.05, 3.63) is 53.7 Å². The van der Waals surface area contributed by atoms with E-state index in [0.29, 0.717) is 18.3 Å². The Hall–Kier alpha value is -2.60. The molecule has 170 valence electrons. The van der Waals surface area contributed by atoms with Crippen LogP contribution in [0.4, 0.5) is 0 Å². The fraction of sp³-hybridized carbons (Fsp3) is 0.538. The molecule has 1 atom stereocenters. The molecule has 0 spiro atoms. The normalized spacial score (nSPS) is 20.2. The van der Waals surface area contributed by atoms with Crippen molar-refractivity contribution in [3.8, 4) is 0 Å². The summed E-state index contributed by atoms with van der Waals surface area (Å²) >= 11 is 0. The second-order valence-corrected chi connectivity index (χ2v) is 9.46. The van der Waals surface area contributed by atoms with Gasteiger partial charge in [-0.3, -0.25) is 4.79 Å². The van der Waals surface area contributed by atoms with Gasteiger partial charge in [0.2, 0.25) is 5.91 Å². The number of piperidine rings is 1. The van der Waals surface area contributed by atoms with Crippen LogP contribution in [0.2, 0.25) is 0 Å². The molecule has 1 amide bonds. The van der Waals surface area contributed by atoms with Gasteiger partial charge in [-0.1, -0.05) is 18.2 Å². The number of nitrogens with zero attached hydrogens (tertiary/aromatic N) is 3. The van der Waals surface area contributed by atoms with Gasteiger partial charge in [-0.05, 0) is 56.6 Å². The second-order valence-electron chi connectivity index (χ2n) is 9.46. The Kier molecular flexibility index (Phi) is 6.30. The van der Waals surface area contributed by atoms with E-state index in [2.05, 4.69) is 45.8 Å². The zero-order chi connectivity index (χ0) is 21.9. The van der Waals surface area contributed by atoms with Gasteiger partial charge in [-0.2, -0.15) is 0 Å². The lowest BCUT2D eigenvalue weighted by atomic mass is 9.95. The van der Waals surface area contributed by atoms with E-state index in [9.17, 15) is 4.79 Å². The number of fused-ring (bicyclic) bond motifs is 1. The van der Waals surface area contributed by atoms with E-state index >= 15 is 0 Å². The first-order valence-corrected chi connectivity index (χ1v) is 12.1. The Balaban J connectivity index is 1.20. The highest BCUT2D eigenvalue weighted by Crippen LogP contribution is 2.29. The van der Waals surface area contributed by atoms with Crippen LogP contribution < -0.4 is 0 Å². The van der Waals surface area contributed by atoms with Gasteiger partial charge in [-0.15, -0.1) is 0 Å². The van der Waals surface area contributed by atoms with Gasteiger partial charge in [0, 0.05) is 74.2 Å². The lowest BCUT2D eigenvalue weighted by Crippen LogP contribution is -2.41. The number of aromatic amines is 1. The monoisotopic (exact) mass is 434 g/mol. The molecular weight excluding hydrogens is 400 g/mol. The van der Waals surface area contributed by atoms with Crippen LogP contribution in [0.15, 0.2) is 36.7 Å². The number of ether oxygens (including phenoxy) is 1. The number of rotatable bonds is 6. The van der Waals surface area contributed by atoms with Crippen molar-refractivity contribution in [3.63, 3.8) is 0 Å². The number of aryl methyl sites for hydroxylation is 2. The van der Waals surface area contributed by atoms with E-state index in [1.165, 1.54) is 28.9 Å². The molecule has 6 heteroatoms. The van der Waals surface area contributed by atoms with E-state index < -0.39 is 0 Å². The smallest absolute Gasteiger partial charge is 0.222 e. The molecule has 6 nitrogen and oxygen atoms in total. The van der Waals surface area contributed by atoms with Gasteiger partial charge in [0.15, 0.2) is 0 Å². The number of hydrogen-bond acceptors (Lipinski definition) is 3. The SMILES string of the molecule is Cc1cnc(C2CCOCC2)n1CC1CCCN(C(=O)CCc2c[nH]c3ccccc23)C1. The third kappa shape index (κ3) is 4.46. The van der Waals surface area contributed by atoms with Crippen LogP contribution in [0.3, 0.4) is 0 Å². The summed E-state index contributed by atoms with van der Waals surface area (Å²) in [6.45, 7) is 6.53. The Morgan fingerprint density at radius 2 is 2.06 bits per heavy atom. The van der Waals surface area contributed by atoms with E-state index in [-0.39, 0.29) is 5.91 Å². The first-order chi connectivity index (χ1) is 15.7. The quantitative estimate of drug-likeness (QED) is 0.624. The molecule has 5 rings (SSSR count). The third-order valence-electron chi connectivity index (χ3n) is 7.27. The Morgan fingerprint density at radius 3 is 2.94 bits per heavy atom. The highest BCUT2D eigenvalue weighted by molar-refractivity contribution is 5.84. The summed E-state index contributed by atoms with van der Waals surface area (Å²) in [6, 6.07) is 8.31. The molecule has 1 unspecified atom stereocenters. The molecule has 0 bridgehead atoms. The number of para-hydroxylation sites is 1. The van der Waals surface area contributed by atoms with Gasteiger partial charge in [-0.25, -0.2) is 4.98 Å². The first-order valence-electron chi connectivity index (χ1n) is 12.1. The molecule has 2 aliphatic rings. The summed E-state index contributed by atoms with van der Waals surface area (Å²) in [7, 11) is 0. The number of aromatic nitrogens is 3. The van der Waals surface area contributed by atoms with Crippen molar-refractivity contribution < 1.29 is 9.53 Å². The number of carbonyl (C=O) groups excluding carboxylic acids is 1. The number of benzene rings is 1. The summed E-state index contributed by atoms with van der Waals surface area (Å²) in [6.07, 6.45) is 9.80. The number of H-pyrrole nitrogens is 1. The molecule has 1 aromatic carbocycles. The van der Waals surface area contributed by atoms with Crippen LogP contribution in [0, 0.1) is 12.8 Å². The zero-order valence-corrected chi connectivity index (χ0v) is 19.1. The third-order valence-corrected chi connectivity index (χ3v) is 7.27. The maximum Gasteiger partial charge on any atom is 0.222 e. The van der Waals surface area contributed by atoms with Crippen molar-refractivity contribution in [2.24, 2.45) is 5.92 Å². The predicted molar refractivity (Wildman–Crippen MR) is 126 cm³/mol. The Labute approximate surface area is 190 Å². The van der Waals surface area contributed by atoms with Crippen LogP contribution in [0.25, 0.3) is 10.9 Å². The Bertz CT molecular complexity index is 1060. The van der Waals surface area contributed by atoms with Crippen molar-refractivity contribution in [1.29, 1.82) is 0 Å². The summed E-state index contributed by atoms with van der Waals surface area (Å²) in [5.41, 5.74) is 3.61. The number of hydrogen-bond donors (Lipinski definition) is 1. The molecule has 2 fully saturated rings. The average Bonchev–Trinajstić information content (AvgIpc) is 3.42. The molecule has 0 aliphatic carbocycles. The molecule has 3 aromatic rings. The van der Waals surface area contributed by atoms with E-state index in [4.69, 9.17) is 9.72 Å². The van der Waals surface area contributed by atoms with Crippen LogP contribution in [-0.2, 0) is 22.5 Å². The minimum absolute atomic E-state index is 0.284. The first kappa shape index (κ1) is 21.3. The summed E-state index contributed by atoms with van der Waals surface area (Å²) < 4.78 is 7.97. The topological polar surface area (TPSA) is 63.1 Å². The van der Waals surface area contributed by atoms with Crippen molar-refractivity contribution in [2.45, 2.75) is 57.9 Å². The molecule has 2 aromatic heterocycles. The van der Waals surface area contributed by atoms with Crippen LogP contribution >= 0.6 is 0 Å². The van der Waals surface area contributed by atoms with E-state index in [0.717, 1.165) is 64.0 Å². The molecule has 32 heavy (non-hydrogen) atoms. The summed E-state index contributed by atoms with van der Waals surface area (Å²) in [5, 5.41) is 1.23. The van der Waals surface area contributed by atoms with Gasteiger partial charge >= 0.3 is 0 Å². The van der Waals surface area contributed by atoms with Gasteiger partial charge in [0.1, 0.15) is 5.82 Å². The molecule has 2 aliphatic heterocycles. The highest BCUT2D eigenvalue weighted by Gasteiger charge is 2.27. The number of amides is 1. The number of nitrogens with one attached hydrogen (secondary N) is 1. The minimum atomic E-state index is 0.284. The molecule has 4 heterocycles. The standard InChI is InChI=1S/C26H34N4O2/c1-19-15-28-26(21-10-13-32-14-11-21)30(19)18-20-5-4-12-29(17-20)25(31)9-8-22-16-27-24-7-3-2-6-23(22)24/h2-3,6-7,15-16,20-21,27H,4-5,8-14,17-18H2,1H3. The van der Waals surface area contributed by atoms with Crippen molar-refractivity contribution in [1.82, 2.24) is 19.4 Å². The largest absolute Gasteiger partial charge is 0.381 e.